The molecule has 0 unspecified atom stereocenters. The molecule has 3 heteroatoms. The second kappa shape index (κ2) is 5.31. The van der Waals surface area contributed by atoms with Crippen molar-refractivity contribution in [3.63, 3.8) is 0 Å². The Kier molecular flexibility index (Phi) is 3.72. The Morgan fingerprint density at radius 1 is 1.13 bits per heavy atom. The molecule has 0 saturated heterocycles. The van der Waals surface area contributed by atoms with Crippen molar-refractivity contribution in [2.75, 3.05) is 7.11 Å². The Labute approximate surface area is 140 Å². The molecule has 3 saturated carbocycles. The predicted octanol–water partition coefficient (Wildman–Crippen LogP) is 3.30. The van der Waals surface area contributed by atoms with Crippen molar-refractivity contribution in [3.05, 3.63) is 11.6 Å². The van der Waals surface area contributed by atoms with Crippen LogP contribution in [0.25, 0.3) is 0 Å². The predicted molar refractivity (Wildman–Crippen MR) is 89.9 cm³/mol. The monoisotopic (exact) mass is 320 g/mol. The number of ether oxygens (including phenoxy) is 1. The normalized spacial score (nSPS) is 55.6. The summed E-state index contributed by atoms with van der Waals surface area (Å²) in [5, 5.41) is 20.8. The highest BCUT2D eigenvalue weighted by Crippen LogP contribution is 2.64. The maximum absolute atomic E-state index is 10.5. The van der Waals surface area contributed by atoms with Gasteiger partial charge in [-0.3, -0.25) is 0 Å². The summed E-state index contributed by atoms with van der Waals surface area (Å²) in [5.41, 5.74) is 1.86. The van der Waals surface area contributed by atoms with Gasteiger partial charge in [-0.05, 0) is 73.5 Å². The molecule has 3 nitrogen and oxygen atoms in total. The number of hydrogen-bond acceptors (Lipinski definition) is 3. The Balaban J connectivity index is 1.65. The first-order valence-electron chi connectivity index (χ1n) is 9.48. The van der Waals surface area contributed by atoms with E-state index in [1.54, 1.807) is 5.57 Å². The minimum absolute atomic E-state index is 0.0774. The molecule has 0 aromatic carbocycles. The molecule has 8 atom stereocenters. The zero-order valence-corrected chi connectivity index (χ0v) is 14.8. The molecule has 0 heterocycles. The Hall–Kier alpha value is -0.380. The van der Waals surface area contributed by atoms with Crippen molar-refractivity contribution < 1.29 is 14.9 Å². The summed E-state index contributed by atoms with van der Waals surface area (Å²) >= 11 is 0. The number of fused-ring (bicyclic) bond motifs is 5. The van der Waals surface area contributed by atoms with Crippen LogP contribution < -0.4 is 0 Å². The van der Waals surface area contributed by atoms with Gasteiger partial charge in [-0.25, -0.2) is 0 Å². The van der Waals surface area contributed by atoms with Crippen LogP contribution in [0.2, 0.25) is 0 Å². The highest BCUT2D eigenvalue weighted by atomic mass is 16.5. The van der Waals surface area contributed by atoms with Gasteiger partial charge in [-0.1, -0.05) is 25.5 Å². The molecule has 4 aliphatic rings. The number of hydrogen-bond donors (Lipinski definition) is 2. The van der Waals surface area contributed by atoms with Crippen molar-refractivity contribution in [3.8, 4) is 0 Å². The molecule has 4 rings (SSSR count). The maximum atomic E-state index is 10.5. The molecular formula is C20H32O3. The van der Waals surface area contributed by atoms with Gasteiger partial charge in [0.25, 0.3) is 0 Å². The molecule has 0 aromatic heterocycles. The smallest absolute Gasteiger partial charge is 0.0855 e. The second-order valence-corrected chi connectivity index (χ2v) is 9.15. The van der Waals surface area contributed by atoms with E-state index in [1.165, 1.54) is 19.3 Å². The van der Waals surface area contributed by atoms with Gasteiger partial charge in [0.1, 0.15) is 0 Å². The minimum Gasteiger partial charge on any atom is -0.390 e. The highest BCUT2D eigenvalue weighted by Gasteiger charge is 2.60. The van der Waals surface area contributed by atoms with Crippen molar-refractivity contribution in [1.82, 2.24) is 0 Å². The first kappa shape index (κ1) is 16.1. The topological polar surface area (TPSA) is 49.7 Å². The van der Waals surface area contributed by atoms with Gasteiger partial charge in [0.05, 0.1) is 18.3 Å². The number of aliphatic hydroxyl groups excluding tert-OH is 2. The first-order valence-corrected chi connectivity index (χ1v) is 9.48. The number of methoxy groups -OCH3 is 1. The summed E-state index contributed by atoms with van der Waals surface area (Å²) in [6.07, 6.45) is 9.52. The zero-order valence-electron chi connectivity index (χ0n) is 14.8. The number of allylic oxidation sites excluding steroid dienone is 1. The lowest BCUT2D eigenvalue weighted by Gasteiger charge is -2.57. The molecule has 0 radical (unpaired) electrons. The Morgan fingerprint density at radius 3 is 2.65 bits per heavy atom. The summed E-state index contributed by atoms with van der Waals surface area (Å²) in [6, 6.07) is 0. The van der Waals surface area contributed by atoms with E-state index in [0.29, 0.717) is 23.4 Å². The Bertz CT molecular complexity index is 515. The summed E-state index contributed by atoms with van der Waals surface area (Å²) in [6.45, 7) is 4.70. The SMILES string of the molecule is CO[C@@H]1CC[C@@]2(C)C(=CC[C@H]3[C@@H]4C[C@@H](O)[C@H](O)[C@@]4(C)CC[C@@H]32)C1. The van der Waals surface area contributed by atoms with Gasteiger partial charge >= 0.3 is 0 Å². The Morgan fingerprint density at radius 2 is 1.91 bits per heavy atom. The van der Waals surface area contributed by atoms with E-state index in [0.717, 1.165) is 31.6 Å². The highest BCUT2D eigenvalue weighted by molar-refractivity contribution is 5.25. The third-order valence-electron chi connectivity index (χ3n) is 8.37. The largest absolute Gasteiger partial charge is 0.390 e. The van der Waals surface area contributed by atoms with Crippen LogP contribution in [0.1, 0.15) is 58.8 Å². The fraction of sp³-hybridized carbons (Fsp3) is 0.900. The van der Waals surface area contributed by atoms with Gasteiger partial charge in [0, 0.05) is 7.11 Å². The molecule has 130 valence electrons. The average molecular weight is 320 g/mol. The minimum atomic E-state index is -0.532. The van der Waals surface area contributed by atoms with E-state index in [4.69, 9.17) is 4.74 Å². The fourth-order valence-corrected chi connectivity index (χ4v) is 6.82. The molecule has 4 aliphatic carbocycles. The first-order chi connectivity index (χ1) is 10.9. The van der Waals surface area contributed by atoms with Crippen LogP contribution in [-0.2, 0) is 4.74 Å². The zero-order chi connectivity index (χ0) is 16.4. The van der Waals surface area contributed by atoms with Gasteiger partial charge in [-0.15, -0.1) is 0 Å². The van der Waals surface area contributed by atoms with Crippen LogP contribution in [0.5, 0.6) is 0 Å². The molecule has 0 aliphatic heterocycles. The van der Waals surface area contributed by atoms with Crippen LogP contribution in [-0.4, -0.2) is 35.6 Å². The molecule has 23 heavy (non-hydrogen) atoms. The van der Waals surface area contributed by atoms with E-state index in [-0.39, 0.29) is 5.41 Å². The maximum Gasteiger partial charge on any atom is 0.0855 e. The van der Waals surface area contributed by atoms with E-state index in [1.807, 2.05) is 7.11 Å². The summed E-state index contributed by atoms with van der Waals surface area (Å²) in [4.78, 5) is 0. The molecule has 0 amide bonds. The standard InChI is InChI=1S/C20H32O3/c1-19-8-6-13(23-3)10-12(19)4-5-14-15(19)7-9-20(2)16(14)11-17(21)18(20)22/h4,13-18,21-22H,5-11H2,1-3H3/t13-,14-,15+,16+,17-,18+,19+,20+/m1/s1. The molecule has 3 fully saturated rings. The van der Waals surface area contributed by atoms with Crippen molar-refractivity contribution in [2.45, 2.75) is 77.1 Å². The molecule has 0 aromatic rings. The molecule has 0 bridgehead atoms. The average Bonchev–Trinajstić information content (AvgIpc) is 2.78. The summed E-state index contributed by atoms with van der Waals surface area (Å²) < 4.78 is 5.63. The van der Waals surface area contributed by atoms with E-state index >= 15 is 0 Å². The quantitative estimate of drug-likeness (QED) is 0.729. The summed E-state index contributed by atoms with van der Waals surface area (Å²) in [7, 11) is 1.84. The van der Waals surface area contributed by atoms with Crippen molar-refractivity contribution >= 4 is 0 Å². The third-order valence-corrected chi connectivity index (χ3v) is 8.37. The number of rotatable bonds is 1. The lowest BCUT2D eigenvalue weighted by molar-refractivity contribution is -0.0829. The fourth-order valence-electron chi connectivity index (χ4n) is 6.82. The lowest BCUT2D eigenvalue weighted by Crippen LogP contribution is -2.51. The third kappa shape index (κ3) is 2.12. The van der Waals surface area contributed by atoms with Gasteiger partial charge in [0.2, 0.25) is 0 Å². The molecule has 2 N–H and O–H groups in total. The van der Waals surface area contributed by atoms with Crippen LogP contribution in [0.4, 0.5) is 0 Å². The van der Waals surface area contributed by atoms with E-state index in [9.17, 15) is 10.2 Å². The van der Waals surface area contributed by atoms with Gasteiger partial charge in [0.15, 0.2) is 0 Å². The lowest BCUT2D eigenvalue weighted by atomic mass is 9.48. The second-order valence-electron chi connectivity index (χ2n) is 9.15. The van der Waals surface area contributed by atoms with E-state index in [2.05, 4.69) is 19.9 Å². The summed E-state index contributed by atoms with van der Waals surface area (Å²) in [5.74, 6) is 1.82. The van der Waals surface area contributed by atoms with Gasteiger partial charge in [-0.2, -0.15) is 0 Å². The van der Waals surface area contributed by atoms with Crippen molar-refractivity contribution in [1.29, 1.82) is 0 Å². The van der Waals surface area contributed by atoms with Gasteiger partial charge < -0.3 is 14.9 Å². The van der Waals surface area contributed by atoms with Crippen molar-refractivity contribution in [2.24, 2.45) is 28.6 Å². The number of aliphatic hydroxyl groups is 2. The van der Waals surface area contributed by atoms with Crippen LogP contribution in [0, 0.1) is 28.6 Å². The van der Waals surface area contributed by atoms with Crippen LogP contribution in [0.15, 0.2) is 11.6 Å². The van der Waals surface area contributed by atoms with Crippen LogP contribution in [0.3, 0.4) is 0 Å². The van der Waals surface area contributed by atoms with E-state index < -0.39 is 12.2 Å². The van der Waals surface area contributed by atoms with Crippen LogP contribution >= 0.6 is 0 Å². The molecule has 0 spiro atoms. The molecular weight excluding hydrogens is 288 g/mol.